The molecule has 0 aromatic carbocycles. The van der Waals surface area contributed by atoms with Gasteiger partial charge in [0, 0.05) is 6.21 Å². The van der Waals surface area contributed by atoms with E-state index in [9.17, 15) is 14.4 Å². The Morgan fingerprint density at radius 1 is 1.59 bits per heavy atom. The van der Waals surface area contributed by atoms with E-state index in [0.29, 0.717) is 13.0 Å². The highest BCUT2D eigenvalue weighted by molar-refractivity contribution is 6.00. The molecule has 0 aromatic rings. The summed E-state index contributed by atoms with van der Waals surface area (Å²) < 4.78 is 4.87. The third-order valence-corrected chi connectivity index (χ3v) is 2.76. The fourth-order valence-corrected chi connectivity index (χ4v) is 1.93. The topological polar surface area (TPSA) is 96.9 Å². The van der Waals surface area contributed by atoms with Crippen LogP contribution in [0.1, 0.15) is 13.3 Å². The molecule has 1 saturated heterocycles. The van der Waals surface area contributed by atoms with E-state index in [4.69, 9.17) is 4.74 Å². The number of ether oxygens (including phenoxy) is 1. The van der Waals surface area contributed by atoms with Crippen molar-refractivity contribution in [3.8, 4) is 0 Å². The van der Waals surface area contributed by atoms with Crippen LogP contribution in [0.15, 0.2) is 4.99 Å². The second-order valence-corrected chi connectivity index (χ2v) is 3.91. The van der Waals surface area contributed by atoms with Crippen LogP contribution in [0.3, 0.4) is 0 Å². The second kappa shape index (κ2) is 4.52. The maximum Gasteiger partial charge on any atom is 0.323 e. The predicted molar refractivity (Wildman–Crippen MR) is 57.2 cm³/mol. The maximum atomic E-state index is 11.6. The molecule has 3 atom stereocenters. The van der Waals surface area contributed by atoms with Gasteiger partial charge in [-0.3, -0.25) is 19.9 Å². The number of nitrogens with zero attached hydrogens (tertiary/aromatic N) is 1. The molecule has 3 amide bonds. The van der Waals surface area contributed by atoms with Gasteiger partial charge in [-0.05, 0) is 13.3 Å². The van der Waals surface area contributed by atoms with Gasteiger partial charge in [0.1, 0.15) is 6.17 Å². The fraction of sp³-hybridized carbons (Fsp3) is 0.600. The Labute approximate surface area is 97.6 Å². The number of nitrogens with one attached hydrogen (secondary N) is 2. The summed E-state index contributed by atoms with van der Waals surface area (Å²) in [4.78, 5) is 38.1. The highest BCUT2D eigenvalue weighted by Crippen LogP contribution is 2.24. The minimum absolute atomic E-state index is 0.292. The van der Waals surface area contributed by atoms with E-state index in [1.54, 1.807) is 6.92 Å². The second-order valence-electron chi connectivity index (χ2n) is 3.91. The minimum atomic E-state index is -0.568. The molecule has 2 rings (SSSR count). The monoisotopic (exact) mass is 239 g/mol. The van der Waals surface area contributed by atoms with E-state index in [1.807, 2.05) is 0 Å². The minimum Gasteiger partial charge on any atom is -0.465 e. The van der Waals surface area contributed by atoms with Gasteiger partial charge in [-0.1, -0.05) is 0 Å². The lowest BCUT2D eigenvalue weighted by Crippen LogP contribution is -2.59. The molecule has 0 saturated carbocycles. The first-order valence-electron chi connectivity index (χ1n) is 5.43. The third kappa shape index (κ3) is 2.27. The summed E-state index contributed by atoms with van der Waals surface area (Å²) in [5, 5.41) is 4.67. The van der Waals surface area contributed by atoms with Gasteiger partial charge in [0.05, 0.1) is 18.4 Å². The number of hydrogen-bond donors (Lipinski definition) is 2. The number of urea groups is 1. The van der Waals surface area contributed by atoms with Crippen LogP contribution in [-0.2, 0) is 14.3 Å². The molecule has 0 aromatic heterocycles. The molecule has 7 heteroatoms. The van der Waals surface area contributed by atoms with Gasteiger partial charge in [0.2, 0.25) is 5.91 Å². The first-order chi connectivity index (χ1) is 8.11. The molecule has 7 nitrogen and oxygen atoms in total. The molecule has 17 heavy (non-hydrogen) atoms. The van der Waals surface area contributed by atoms with E-state index in [2.05, 4.69) is 15.6 Å². The van der Waals surface area contributed by atoms with Crippen LogP contribution in [0.4, 0.5) is 4.79 Å². The van der Waals surface area contributed by atoms with Crippen LogP contribution in [0.2, 0.25) is 0 Å². The standard InChI is InChI=1S/C10H13N3O4/c1-2-17-9(15)5-3-6-7(11-4-5)12-10(16)13-8(6)14/h4-7H,2-3H2,1H3,(H2,12,13,14,16). The lowest BCUT2D eigenvalue weighted by molar-refractivity contribution is -0.146. The number of fused-ring (bicyclic) bond motifs is 1. The first-order valence-corrected chi connectivity index (χ1v) is 5.43. The van der Waals surface area contributed by atoms with E-state index in [0.717, 1.165) is 0 Å². The molecule has 2 N–H and O–H groups in total. The quantitative estimate of drug-likeness (QED) is 0.630. The van der Waals surface area contributed by atoms with Crippen LogP contribution in [0, 0.1) is 11.8 Å². The molecule has 0 spiro atoms. The number of carbonyl (C=O) groups excluding carboxylic acids is 3. The van der Waals surface area contributed by atoms with Crippen LogP contribution < -0.4 is 10.6 Å². The highest BCUT2D eigenvalue weighted by Gasteiger charge is 2.40. The van der Waals surface area contributed by atoms with Gasteiger partial charge >= 0.3 is 12.0 Å². The molecule has 1 fully saturated rings. The number of carbonyl (C=O) groups is 3. The first kappa shape index (κ1) is 11.6. The molecular formula is C10H13N3O4. The van der Waals surface area contributed by atoms with E-state index in [-0.39, 0.29) is 5.97 Å². The van der Waals surface area contributed by atoms with E-state index < -0.39 is 29.9 Å². The molecule has 2 aliphatic heterocycles. The molecule has 2 aliphatic rings. The Morgan fingerprint density at radius 2 is 2.35 bits per heavy atom. The van der Waals surface area contributed by atoms with Gasteiger partial charge in [-0.2, -0.15) is 0 Å². The van der Waals surface area contributed by atoms with Crippen molar-refractivity contribution in [3.63, 3.8) is 0 Å². The number of aliphatic imine (C=N–C) groups is 1. The number of esters is 1. The zero-order chi connectivity index (χ0) is 12.4. The van der Waals surface area contributed by atoms with Crippen molar-refractivity contribution < 1.29 is 19.1 Å². The molecule has 0 aliphatic carbocycles. The largest absolute Gasteiger partial charge is 0.465 e. The Hall–Kier alpha value is -1.92. The number of imide groups is 1. The van der Waals surface area contributed by atoms with Gasteiger partial charge < -0.3 is 10.1 Å². The summed E-state index contributed by atoms with van der Waals surface area (Å²) in [5.41, 5.74) is 0. The normalized spacial score (nSPS) is 31.2. The lowest BCUT2D eigenvalue weighted by Gasteiger charge is -2.32. The average Bonchev–Trinajstić information content (AvgIpc) is 2.28. The van der Waals surface area contributed by atoms with Gasteiger partial charge in [0.25, 0.3) is 0 Å². The molecule has 0 bridgehead atoms. The summed E-state index contributed by atoms with van der Waals surface area (Å²) in [6, 6.07) is -0.553. The molecule has 2 heterocycles. The Kier molecular flexibility index (Phi) is 3.08. The van der Waals surface area contributed by atoms with Crippen molar-refractivity contribution in [2.75, 3.05) is 6.61 Å². The van der Waals surface area contributed by atoms with Crippen LogP contribution in [-0.4, -0.2) is 36.9 Å². The SMILES string of the molecule is CCOC(=O)C1C=NC2NC(=O)NC(=O)C2C1. The summed E-state index contributed by atoms with van der Waals surface area (Å²) in [6.45, 7) is 2.01. The van der Waals surface area contributed by atoms with Crippen LogP contribution in [0.5, 0.6) is 0 Å². The van der Waals surface area contributed by atoms with Crippen molar-refractivity contribution in [1.82, 2.24) is 10.6 Å². The van der Waals surface area contributed by atoms with Crippen molar-refractivity contribution in [2.24, 2.45) is 16.8 Å². The predicted octanol–water partition coefficient (Wildman–Crippen LogP) is -0.578. The lowest BCUT2D eigenvalue weighted by atomic mass is 9.88. The Balaban J connectivity index is 2.09. The molecular weight excluding hydrogens is 226 g/mol. The molecule has 0 radical (unpaired) electrons. The number of hydrogen-bond acceptors (Lipinski definition) is 5. The van der Waals surface area contributed by atoms with Crippen molar-refractivity contribution in [3.05, 3.63) is 0 Å². The number of amides is 3. The van der Waals surface area contributed by atoms with Crippen molar-refractivity contribution >= 4 is 24.1 Å². The van der Waals surface area contributed by atoms with Crippen molar-refractivity contribution in [2.45, 2.75) is 19.5 Å². The summed E-state index contributed by atoms with van der Waals surface area (Å²) in [5.74, 6) is -1.81. The Bertz CT molecular complexity index is 393. The number of rotatable bonds is 2. The fourth-order valence-electron chi connectivity index (χ4n) is 1.93. The van der Waals surface area contributed by atoms with E-state index in [1.165, 1.54) is 6.21 Å². The van der Waals surface area contributed by atoms with Gasteiger partial charge in [-0.25, -0.2) is 4.79 Å². The zero-order valence-corrected chi connectivity index (χ0v) is 9.30. The van der Waals surface area contributed by atoms with Crippen molar-refractivity contribution in [1.29, 1.82) is 0 Å². The van der Waals surface area contributed by atoms with Gasteiger partial charge in [0.15, 0.2) is 0 Å². The van der Waals surface area contributed by atoms with Crippen LogP contribution >= 0.6 is 0 Å². The smallest absolute Gasteiger partial charge is 0.323 e. The van der Waals surface area contributed by atoms with Gasteiger partial charge in [-0.15, -0.1) is 0 Å². The molecule has 3 unspecified atom stereocenters. The summed E-state index contributed by atoms with van der Waals surface area (Å²) >= 11 is 0. The Morgan fingerprint density at radius 3 is 3.06 bits per heavy atom. The maximum absolute atomic E-state index is 11.6. The summed E-state index contributed by atoms with van der Waals surface area (Å²) in [6.07, 6.45) is 1.18. The van der Waals surface area contributed by atoms with E-state index >= 15 is 0 Å². The van der Waals surface area contributed by atoms with Crippen LogP contribution in [0.25, 0.3) is 0 Å². The average molecular weight is 239 g/mol. The molecule has 92 valence electrons. The highest BCUT2D eigenvalue weighted by atomic mass is 16.5. The third-order valence-electron chi connectivity index (χ3n) is 2.76. The summed E-state index contributed by atoms with van der Waals surface area (Å²) in [7, 11) is 0. The zero-order valence-electron chi connectivity index (χ0n) is 9.30.